The molecule has 1 saturated heterocycles. The Kier molecular flexibility index (Phi) is 7.27. The summed E-state index contributed by atoms with van der Waals surface area (Å²) in [6, 6.07) is 7.60. The lowest BCUT2D eigenvalue weighted by Gasteiger charge is -2.24. The Bertz CT molecular complexity index is 735. The van der Waals surface area contributed by atoms with Gasteiger partial charge in [0.1, 0.15) is 11.4 Å². The van der Waals surface area contributed by atoms with Gasteiger partial charge in [-0.05, 0) is 50.8 Å². The molecular formula is C21H28N2O5. The van der Waals surface area contributed by atoms with Crippen molar-refractivity contribution in [3.63, 3.8) is 0 Å². The predicted molar refractivity (Wildman–Crippen MR) is 104 cm³/mol. The number of nitrogens with zero attached hydrogens (tertiary/aromatic N) is 2. The molecule has 1 amide bonds. The standard InChI is InChI=1S/C21H28N2O5/c1-21(2,3)28-20(25)23-13-16(18(14-23)19(24)26-5)11-15-7-6-8-17(12-15)27-10-9-22-4/h6-8,12,16,18H,9-11,13-14H2,1-3,5H3/t16-,18+/m1/s1. The van der Waals surface area contributed by atoms with Crippen molar-refractivity contribution in [2.24, 2.45) is 11.8 Å². The highest BCUT2D eigenvalue weighted by Gasteiger charge is 2.41. The van der Waals surface area contributed by atoms with E-state index in [1.807, 2.05) is 45.0 Å². The molecule has 2 rings (SSSR count). The SMILES string of the molecule is [C-]#[N+]CCOc1cccc(C[C@@H]2CN(C(=O)OC(C)(C)C)C[C@@H]2C(=O)OC)c1. The van der Waals surface area contributed by atoms with Crippen LogP contribution in [0.25, 0.3) is 4.85 Å². The molecule has 0 radical (unpaired) electrons. The molecule has 1 fully saturated rings. The summed E-state index contributed by atoms with van der Waals surface area (Å²) in [5.41, 5.74) is 0.415. The molecular weight excluding hydrogens is 360 g/mol. The van der Waals surface area contributed by atoms with Gasteiger partial charge in [0, 0.05) is 13.1 Å². The third-order valence-electron chi connectivity index (χ3n) is 4.46. The van der Waals surface area contributed by atoms with Crippen LogP contribution in [0.2, 0.25) is 0 Å². The molecule has 1 aromatic rings. The average Bonchev–Trinajstić information content (AvgIpc) is 3.04. The summed E-state index contributed by atoms with van der Waals surface area (Å²) < 4.78 is 16.0. The van der Waals surface area contributed by atoms with Crippen molar-refractivity contribution in [3.8, 4) is 5.75 Å². The molecule has 0 unspecified atom stereocenters. The number of likely N-dealkylation sites (tertiary alicyclic amines) is 1. The fraction of sp³-hybridized carbons (Fsp3) is 0.571. The Morgan fingerprint density at radius 3 is 2.68 bits per heavy atom. The Balaban J connectivity index is 2.09. The van der Waals surface area contributed by atoms with Crippen LogP contribution in [0.1, 0.15) is 26.3 Å². The molecule has 0 saturated carbocycles. The molecule has 1 aliphatic heterocycles. The first-order valence-corrected chi connectivity index (χ1v) is 9.34. The van der Waals surface area contributed by atoms with Crippen molar-refractivity contribution in [1.82, 2.24) is 4.90 Å². The van der Waals surface area contributed by atoms with Crippen LogP contribution in [-0.2, 0) is 20.7 Å². The van der Waals surface area contributed by atoms with Crippen molar-refractivity contribution in [3.05, 3.63) is 41.2 Å². The number of hydrogen-bond acceptors (Lipinski definition) is 5. The van der Waals surface area contributed by atoms with Crippen molar-refractivity contribution in [1.29, 1.82) is 0 Å². The largest absolute Gasteiger partial charge is 0.486 e. The molecule has 1 aromatic carbocycles. The van der Waals surface area contributed by atoms with Gasteiger partial charge in [-0.15, -0.1) is 0 Å². The van der Waals surface area contributed by atoms with Gasteiger partial charge in [0.25, 0.3) is 0 Å². The maximum atomic E-state index is 12.4. The molecule has 1 heterocycles. The van der Waals surface area contributed by atoms with E-state index in [0.29, 0.717) is 31.9 Å². The van der Waals surface area contributed by atoms with Crippen molar-refractivity contribution < 1.29 is 23.8 Å². The number of ether oxygens (including phenoxy) is 3. The topological polar surface area (TPSA) is 69.4 Å². The van der Waals surface area contributed by atoms with E-state index in [0.717, 1.165) is 5.56 Å². The van der Waals surface area contributed by atoms with Crippen LogP contribution in [0.3, 0.4) is 0 Å². The summed E-state index contributed by atoms with van der Waals surface area (Å²) in [6.07, 6.45) is 0.194. The monoisotopic (exact) mass is 388 g/mol. The zero-order chi connectivity index (χ0) is 20.7. The Morgan fingerprint density at radius 1 is 1.29 bits per heavy atom. The number of benzene rings is 1. The molecule has 152 valence electrons. The molecule has 2 atom stereocenters. The van der Waals surface area contributed by atoms with E-state index >= 15 is 0 Å². The summed E-state index contributed by atoms with van der Waals surface area (Å²) >= 11 is 0. The smallest absolute Gasteiger partial charge is 0.410 e. The second kappa shape index (κ2) is 9.45. The molecule has 7 nitrogen and oxygen atoms in total. The second-order valence-electron chi connectivity index (χ2n) is 7.86. The van der Waals surface area contributed by atoms with Crippen LogP contribution >= 0.6 is 0 Å². The van der Waals surface area contributed by atoms with Gasteiger partial charge >= 0.3 is 12.1 Å². The van der Waals surface area contributed by atoms with Crippen molar-refractivity contribution in [2.75, 3.05) is 33.4 Å². The van der Waals surface area contributed by atoms with Crippen molar-refractivity contribution >= 4 is 12.1 Å². The third kappa shape index (κ3) is 6.15. The summed E-state index contributed by atoms with van der Waals surface area (Å²) in [5, 5.41) is 0. The summed E-state index contributed by atoms with van der Waals surface area (Å²) in [4.78, 5) is 29.5. The van der Waals surface area contributed by atoms with Gasteiger partial charge in [0.2, 0.25) is 6.54 Å². The Labute approximate surface area is 166 Å². The maximum absolute atomic E-state index is 12.4. The van der Waals surface area contributed by atoms with E-state index in [2.05, 4.69) is 4.85 Å². The Hall–Kier alpha value is -2.75. The van der Waals surface area contributed by atoms with E-state index in [4.69, 9.17) is 20.8 Å². The number of rotatable bonds is 6. The quantitative estimate of drug-likeness (QED) is 0.425. The van der Waals surface area contributed by atoms with Gasteiger partial charge in [0.05, 0.1) is 13.0 Å². The average molecular weight is 388 g/mol. The van der Waals surface area contributed by atoms with Crippen molar-refractivity contribution in [2.45, 2.75) is 32.8 Å². The highest BCUT2D eigenvalue weighted by Crippen LogP contribution is 2.30. The predicted octanol–water partition coefficient (Wildman–Crippen LogP) is 3.18. The van der Waals surface area contributed by atoms with Crippen LogP contribution in [0.15, 0.2) is 24.3 Å². The zero-order valence-electron chi connectivity index (χ0n) is 16.9. The molecule has 0 bridgehead atoms. The molecule has 0 aromatic heterocycles. The molecule has 1 aliphatic rings. The molecule has 0 spiro atoms. The van der Waals surface area contributed by atoms with Gasteiger partial charge < -0.3 is 24.0 Å². The molecule has 0 N–H and O–H groups in total. The minimum atomic E-state index is -0.590. The lowest BCUT2D eigenvalue weighted by molar-refractivity contribution is -0.146. The summed E-state index contributed by atoms with van der Waals surface area (Å²) in [6.45, 7) is 13.6. The van der Waals surface area contributed by atoms with Gasteiger partial charge in [-0.3, -0.25) is 4.79 Å². The number of methoxy groups -OCH3 is 1. The van der Waals surface area contributed by atoms with E-state index < -0.39 is 17.6 Å². The molecule has 7 heteroatoms. The van der Waals surface area contributed by atoms with E-state index in [-0.39, 0.29) is 18.4 Å². The number of amides is 1. The van der Waals surface area contributed by atoms with Gasteiger partial charge in [-0.1, -0.05) is 12.1 Å². The third-order valence-corrected chi connectivity index (χ3v) is 4.46. The van der Waals surface area contributed by atoms with Crippen LogP contribution in [0.4, 0.5) is 4.79 Å². The van der Waals surface area contributed by atoms with Gasteiger partial charge in [-0.25, -0.2) is 11.4 Å². The minimum Gasteiger partial charge on any atom is -0.486 e. The zero-order valence-corrected chi connectivity index (χ0v) is 16.9. The first-order chi connectivity index (χ1) is 13.2. The number of hydrogen-bond donors (Lipinski definition) is 0. The maximum Gasteiger partial charge on any atom is 0.410 e. The number of esters is 1. The van der Waals surface area contributed by atoms with Crippen LogP contribution < -0.4 is 4.74 Å². The lowest BCUT2D eigenvalue weighted by atomic mass is 9.89. The van der Waals surface area contributed by atoms with Gasteiger partial charge in [0.15, 0.2) is 6.61 Å². The summed E-state index contributed by atoms with van der Waals surface area (Å²) in [7, 11) is 1.36. The second-order valence-corrected chi connectivity index (χ2v) is 7.86. The first kappa shape index (κ1) is 21.5. The van der Waals surface area contributed by atoms with Gasteiger partial charge in [-0.2, -0.15) is 0 Å². The fourth-order valence-corrected chi connectivity index (χ4v) is 3.25. The number of carbonyl (C=O) groups is 2. The van der Waals surface area contributed by atoms with E-state index in [1.54, 1.807) is 4.90 Å². The normalized spacial score (nSPS) is 19.0. The first-order valence-electron chi connectivity index (χ1n) is 9.34. The van der Waals surface area contributed by atoms with E-state index in [9.17, 15) is 9.59 Å². The minimum absolute atomic E-state index is 0.0709. The highest BCUT2D eigenvalue weighted by atomic mass is 16.6. The lowest BCUT2D eigenvalue weighted by Crippen LogP contribution is -2.36. The highest BCUT2D eigenvalue weighted by molar-refractivity contribution is 5.76. The Morgan fingerprint density at radius 2 is 2.04 bits per heavy atom. The fourth-order valence-electron chi connectivity index (χ4n) is 3.25. The van der Waals surface area contributed by atoms with E-state index in [1.165, 1.54) is 7.11 Å². The molecule has 0 aliphatic carbocycles. The molecule has 28 heavy (non-hydrogen) atoms. The van der Waals surface area contributed by atoms with Crippen LogP contribution in [-0.4, -0.2) is 55.9 Å². The van der Waals surface area contributed by atoms with Crippen LogP contribution in [0.5, 0.6) is 5.75 Å². The number of carbonyl (C=O) groups excluding carboxylic acids is 2. The van der Waals surface area contributed by atoms with Crippen LogP contribution in [0, 0.1) is 18.4 Å². The summed E-state index contributed by atoms with van der Waals surface area (Å²) in [5.74, 6) is -0.0963.